The first-order valence-electron chi connectivity index (χ1n) is 7.51. The first-order chi connectivity index (χ1) is 11.5. The summed E-state index contributed by atoms with van der Waals surface area (Å²) in [7, 11) is -3.19. The van der Waals surface area contributed by atoms with Gasteiger partial charge in [-0.15, -0.1) is 0 Å². The average molecular weight is 337 g/mol. The van der Waals surface area contributed by atoms with Crippen LogP contribution in [0.1, 0.15) is 5.56 Å². The van der Waals surface area contributed by atoms with Gasteiger partial charge in [-0.05, 0) is 6.92 Å². The van der Waals surface area contributed by atoms with E-state index in [1.165, 1.54) is 6.07 Å². The minimum absolute atomic E-state index is 0.0143. The van der Waals surface area contributed by atoms with Crippen LogP contribution in [0, 0.1) is 17.0 Å². The van der Waals surface area contributed by atoms with E-state index in [-0.39, 0.29) is 5.69 Å². The van der Waals surface area contributed by atoms with Gasteiger partial charge in [-0.1, -0.05) is 72.8 Å². The summed E-state index contributed by atoms with van der Waals surface area (Å²) in [5.41, 5.74) is 0.429. The van der Waals surface area contributed by atoms with E-state index in [2.05, 4.69) is 0 Å². The lowest BCUT2D eigenvalue weighted by atomic mass is 10.2. The Labute approximate surface area is 140 Å². The maximum Gasteiger partial charge on any atom is 0.273 e. The van der Waals surface area contributed by atoms with Crippen LogP contribution in [0.5, 0.6) is 0 Å². The third-order valence-corrected chi connectivity index (χ3v) is 7.27. The van der Waals surface area contributed by atoms with Crippen LogP contribution in [-0.2, 0) is 4.57 Å². The maximum atomic E-state index is 14.2. The van der Waals surface area contributed by atoms with Crippen molar-refractivity contribution in [3.8, 4) is 0 Å². The van der Waals surface area contributed by atoms with Crippen molar-refractivity contribution >= 4 is 28.7 Å². The molecular weight excluding hydrogens is 321 g/mol. The molecule has 0 heterocycles. The van der Waals surface area contributed by atoms with Crippen molar-refractivity contribution in [2.24, 2.45) is 0 Å². The highest BCUT2D eigenvalue weighted by Crippen LogP contribution is 2.44. The van der Waals surface area contributed by atoms with Gasteiger partial charge in [-0.3, -0.25) is 10.1 Å². The summed E-state index contributed by atoms with van der Waals surface area (Å²) in [5, 5.41) is 13.1. The van der Waals surface area contributed by atoms with E-state index in [4.69, 9.17) is 0 Å². The summed E-state index contributed by atoms with van der Waals surface area (Å²) in [6, 6.07) is 23.1. The number of nitro groups is 1. The molecule has 0 unspecified atom stereocenters. The van der Waals surface area contributed by atoms with Crippen LogP contribution in [0.4, 0.5) is 5.69 Å². The molecule has 0 aliphatic rings. The standard InChI is InChI=1S/C19H16NO3P/c1-15-18(20(21)22)13-8-14-19(15)24(23,16-9-4-2-5-10-16)17-11-6-3-7-12-17/h2-14H,1H3. The molecule has 0 radical (unpaired) electrons. The number of nitro benzene ring substituents is 1. The molecule has 0 N–H and O–H groups in total. The number of benzene rings is 3. The average Bonchev–Trinajstić information content (AvgIpc) is 2.62. The van der Waals surface area contributed by atoms with Gasteiger partial charge in [0.1, 0.15) is 0 Å². The van der Waals surface area contributed by atoms with Gasteiger partial charge in [0, 0.05) is 27.5 Å². The fraction of sp³-hybridized carbons (Fsp3) is 0.0526. The smallest absolute Gasteiger partial charge is 0.273 e. The largest absolute Gasteiger partial charge is 0.309 e. The summed E-state index contributed by atoms with van der Waals surface area (Å²) < 4.78 is 14.2. The molecule has 0 atom stereocenters. The lowest BCUT2D eigenvalue weighted by Crippen LogP contribution is -2.27. The Bertz CT molecular complexity index is 880. The van der Waals surface area contributed by atoms with Crippen LogP contribution in [0.3, 0.4) is 0 Å². The zero-order valence-electron chi connectivity index (χ0n) is 13.1. The van der Waals surface area contributed by atoms with Crippen LogP contribution in [0.2, 0.25) is 0 Å². The zero-order chi connectivity index (χ0) is 17.2. The van der Waals surface area contributed by atoms with Crippen molar-refractivity contribution in [1.29, 1.82) is 0 Å². The quantitative estimate of drug-likeness (QED) is 0.416. The fourth-order valence-corrected chi connectivity index (χ4v) is 5.77. The van der Waals surface area contributed by atoms with Crippen molar-refractivity contribution in [3.05, 3.63) is 94.5 Å². The van der Waals surface area contributed by atoms with Gasteiger partial charge in [0.2, 0.25) is 0 Å². The van der Waals surface area contributed by atoms with Crippen LogP contribution >= 0.6 is 7.14 Å². The monoisotopic (exact) mass is 337 g/mol. The second-order valence-electron chi connectivity index (χ2n) is 5.46. The molecule has 0 saturated heterocycles. The molecule has 0 spiro atoms. The molecule has 0 aromatic heterocycles. The minimum atomic E-state index is -3.19. The highest BCUT2D eigenvalue weighted by molar-refractivity contribution is 7.85. The Kier molecular flexibility index (Phi) is 4.32. The number of rotatable bonds is 4. The highest BCUT2D eigenvalue weighted by atomic mass is 31.2. The first kappa shape index (κ1) is 16.2. The molecule has 3 rings (SSSR count). The van der Waals surface area contributed by atoms with Gasteiger partial charge in [-0.2, -0.15) is 0 Å². The Hall–Kier alpha value is -2.71. The van der Waals surface area contributed by atoms with Gasteiger partial charge in [-0.25, -0.2) is 0 Å². The Morgan fingerprint density at radius 3 is 1.75 bits per heavy atom. The molecule has 0 aliphatic heterocycles. The maximum absolute atomic E-state index is 14.2. The van der Waals surface area contributed by atoms with Gasteiger partial charge in [0.05, 0.1) is 4.92 Å². The van der Waals surface area contributed by atoms with Gasteiger partial charge < -0.3 is 4.57 Å². The van der Waals surface area contributed by atoms with Crippen LogP contribution < -0.4 is 15.9 Å². The Balaban J connectivity index is 2.35. The van der Waals surface area contributed by atoms with E-state index < -0.39 is 12.1 Å². The van der Waals surface area contributed by atoms with E-state index >= 15 is 0 Å². The summed E-state index contributed by atoms with van der Waals surface area (Å²) >= 11 is 0. The zero-order valence-corrected chi connectivity index (χ0v) is 14.0. The first-order valence-corrected chi connectivity index (χ1v) is 9.21. The number of nitrogens with zero attached hydrogens (tertiary/aromatic N) is 1. The van der Waals surface area contributed by atoms with Crippen molar-refractivity contribution in [2.75, 3.05) is 0 Å². The summed E-state index contributed by atoms with van der Waals surface area (Å²) in [6.07, 6.45) is 0. The van der Waals surface area contributed by atoms with Crippen LogP contribution in [0.15, 0.2) is 78.9 Å². The second kappa shape index (κ2) is 6.42. The molecule has 120 valence electrons. The van der Waals surface area contributed by atoms with E-state index in [0.29, 0.717) is 21.5 Å². The van der Waals surface area contributed by atoms with Crippen molar-refractivity contribution in [2.45, 2.75) is 6.92 Å². The van der Waals surface area contributed by atoms with Crippen molar-refractivity contribution < 1.29 is 9.49 Å². The summed E-state index contributed by atoms with van der Waals surface area (Å²) in [6.45, 7) is 1.66. The number of hydrogen-bond donors (Lipinski definition) is 0. The molecule has 0 fully saturated rings. The van der Waals surface area contributed by atoms with E-state index in [0.717, 1.165) is 0 Å². The van der Waals surface area contributed by atoms with E-state index in [1.807, 2.05) is 60.7 Å². The predicted octanol–water partition coefficient (Wildman–Crippen LogP) is 3.54. The Morgan fingerprint density at radius 2 is 1.29 bits per heavy atom. The lowest BCUT2D eigenvalue weighted by Gasteiger charge is -2.21. The highest BCUT2D eigenvalue weighted by Gasteiger charge is 2.33. The lowest BCUT2D eigenvalue weighted by molar-refractivity contribution is -0.385. The van der Waals surface area contributed by atoms with Crippen molar-refractivity contribution in [3.63, 3.8) is 0 Å². The molecule has 0 aliphatic carbocycles. The molecule has 5 heteroatoms. The minimum Gasteiger partial charge on any atom is -0.309 e. The van der Waals surface area contributed by atoms with E-state index in [1.54, 1.807) is 19.1 Å². The fourth-order valence-electron chi connectivity index (χ4n) is 2.85. The van der Waals surface area contributed by atoms with Crippen LogP contribution in [0.25, 0.3) is 0 Å². The topological polar surface area (TPSA) is 60.2 Å². The molecule has 3 aromatic carbocycles. The molecule has 0 amide bonds. The predicted molar refractivity (Wildman–Crippen MR) is 97.2 cm³/mol. The molecule has 24 heavy (non-hydrogen) atoms. The molecule has 0 bridgehead atoms. The van der Waals surface area contributed by atoms with Gasteiger partial charge in [0.25, 0.3) is 5.69 Å². The third kappa shape index (κ3) is 2.66. The molecule has 3 aromatic rings. The van der Waals surface area contributed by atoms with Crippen LogP contribution in [-0.4, -0.2) is 4.92 Å². The van der Waals surface area contributed by atoms with Gasteiger partial charge >= 0.3 is 0 Å². The molecule has 4 nitrogen and oxygen atoms in total. The molecular formula is C19H16NO3P. The number of hydrogen-bond acceptors (Lipinski definition) is 3. The van der Waals surface area contributed by atoms with Gasteiger partial charge in [0.15, 0.2) is 7.14 Å². The molecule has 0 saturated carbocycles. The van der Waals surface area contributed by atoms with Crippen molar-refractivity contribution in [1.82, 2.24) is 0 Å². The summed E-state index contributed by atoms with van der Waals surface area (Å²) in [4.78, 5) is 10.9. The normalized spacial score (nSPS) is 11.2. The summed E-state index contributed by atoms with van der Waals surface area (Å²) in [5.74, 6) is 0. The Morgan fingerprint density at radius 1 is 0.792 bits per heavy atom. The third-order valence-electron chi connectivity index (χ3n) is 4.05. The second-order valence-corrected chi connectivity index (χ2v) is 8.19. The SMILES string of the molecule is Cc1c([N+](=O)[O-])cccc1P(=O)(c1ccccc1)c1ccccc1. The van der Waals surface area contributed by atoms with E-state index in [9.17, 15) is 14.7 Å².